The summed E-state index contributed by atoms with van der Waals surface area (Å²) in [6.45, 7) is 0.984. The molecule has 0 aromatic heterocycles. The molecule has 1 aliphatic carbocycles. The van der Waals surface area contributed by atoms with Crippen molar-refractivity contribution in [3.05, 3.63) is 29.8 Å². The average Bonchev–Trinajstić information content (AvgIpc) is 2.66. The maximum absolute atomic E-state index is 12.2. The maximum atomic E-state index is 12.2. The monoisotopic (exact) mass is 393 g/mol. The minimum absolute atomic E-state index is 0.0284. The van der Waals surface area contributed by atoms with E-state index >= 15 is 0 Å². The van der Waals surface area contributed by atoms with Gasteiger partial charge in [0.15, 0.2) is 6.61 Å². The summed E-state index contributed by atoms with van der Waals surface area (Å²) < 4.78 is 31.3. The van der Waals surface area contributed by atoms with E-state index in [4.69, 9.17) is 10.00 Å². The molecule has 1 fully saturated rings. The summed E-state index contributed by atoms with van der Waals surface area (Å²) in [5.41, 5.74) is -0.0284. The van der Waals surface area contributed by atoms with E-state index in [0.717, 1.165) is 25.7 Å². The summed E-state index contributed by atoms with van der Waals surface area (Å²) in [4.78, 5) is 23.4. The number of benzene rings is 1. The van der Waals surface area contributed by atoms with Crippen LogP contribution in [0.1, 0.15) is 38.2 Å². The molecule has 8 nitrogen and oxygen atoms in total. The number of esters is 1. The number of carbonyl (C=O) groups is 2. The number of carbonyl (C=O) groups excluding carboxylic acids is 2. The third-order valence-electron chi connectivity index (χ3n) is 4.53. The van der Waals surface area contributed by atoms with E-state index in [1.54, 1.807) is 6.07 Å². The van der Waals surface area contributed by atoms with Crippen LogP contribution in [0.5, 0.6) is 0 Å². The van der Waals surface area contributed by atoms with Crippen molar-refractivity contribution in [2.45, 2.75) is 43.5 Å². The number of nitrogens with zero attached hydrogens (tertiary/aromatic N) is 1. The number of nitriles is 1. The lowest BCUT2D eigenvalue weighted by Gasteiger charge is -2.29. The summed E-state index contributed by atoms with van der Waals surface area (Å²) in [7, 11) is -4.04. The van der Waals surface area contributed by atoms with Gasteiger partial charge < -0.3 is 10.1 Å². The van der Waals surface area contributed by atoms with Crippen LogP contribution in [0.2, 0.25) is 0 Å². The molecule has 1 aromatic rings. The smallest absolute Gasteiger partial charge is 0.321 e. The van der Waals surface area contributed by atoms with Gasteiger partial charge in [-0.15, -0.1) is 0 Å². The SMILES string of the molecule is C[C@H]1CCCC[C@@H]1NC(=O)COC(=O)CNS(=O)(=O)c1ccccc1C#N. The predicted molar refractivity (Wildman–Crippen MR) is 96.9 cm³/mol. The molecule has 1 aromatic carbocycles. The van der Waals surface area contributed by atoms with Crippen LogP contribution < -0.4 is 10.0 Å². The molecule has 0 bridgehead atoms. The Labute approximate surface area is 158 Å². The Hall–Kier alpha value is -2.44. The van der Waals surface area contributed by atoms with Gasteiger partial charge in [0.2, 0.25) is 10.0 Å². The molecule has 1 aliphatic rings. The van der Waals surface area contributed by atoms with Crippen LogP contribution in [-0.2, 0) is 24.3 Å². The van der Waals surface area contributed by atoms with Crippen molar-refractivity contribution in [1.82, 2.24) is 10.0 Å². The van der Waals surface area contributed by atoms with Gasteiger partial charge in [0.1, 0.15) is 12.6 Å². The number of amides is 1. The predicted octanol–water partition coefficient (Wildman–Crippen LogP) is 1.07. The highest BCUT2D eigenvalue weighted by Gasteiger charge is 2.23. The van der Waals surface area contributed by atoms with Gasteiger partial charge in [-0.1, -0.05) is 31.9 Å². The number of hydrogen-bond acceptors (Lipinski definition) is 6. The van der Waals surface area contributed by atoms with Gasteiger partial charge in [-0.05, 0) is 30.9 Å². The standard InChI is InChI=1S/C18H23N3O5S/c1-13-6-2-4-8-15(13)21-17(22)12-26-18(23)11-20-27(24,25)16-9-5-3-7-14(16)10-19/h3,5,7,9,13,15,20H,2,4,6,8,11-12H2,1H3,(H,21,22)/t13-,15-/m0/s1. The van der Waals surface area contributed by atoms with Crippen molar-refractivity contribution in [2.75, 3.05) is 13.2 Å². The van der Waals surface area contributed by atoms with Crippen molar-refractivity contribution in [2.24, 2.45) is 5.92 Å². The molecule has 0 saturated heterocycles. The van der Waals surface area contributed by atoms with Crippen molar-refractivity contribution in [3.8, 4) is 6.07 Å². The molecule has 0 radical (unpaired) electrons. The molecular weight excluding hydrogens is 370 g/mol. The first-order valence-electron chi connectivity index (χ1n) is 8.77. The first-order valence-corrected chi connectivity index (χ1v) is 10.3. The molecule has 2 rings (SSSR count). The second-order valence-corrected chi connectivity index (χ2v) is 8.26. The zero-order chi connectivity index (χ0) is 19.9. The van der Waals surface area contributed by atoms with E-state index in [-0.39, 0.29) is 16.5 Å². The lowest BCUT2D eigenvalue weighted by atomic mass is 9.86. The fourth-order valence-corrected chi connectivity index (χ4v) is 4.13. The molecule has 0 heterocycles. The summed E-state index contributed by atoms with van der Waals surface area (Å²) in [5.74, 6) is -0.898. The molecule has 146 valence electrons. The average molecular weight is 393 g/mol. The second-order valence-electron chi connectivity index (χ2n) is 6.53. The molecular formula is C18H23N3O5S. The van der Waals surface area contributed by atoms with E-state index in [1.807, 2.05) is 0 Å². The maximum Gasteiger partial charge on any atom is 0.321 e. The van der Waals surface area contributed by atoms with Gasteiger partial charge in [-0.2, -0.15) is 9.98 Å². The van der Waals surface area contributed by atoms with Gasteiger partial charge in [0.25, 0.3) is 5.91 Å². The van der Waals surface area contributed by atoms with Gasteiger partial charge in [-0.25, -0.2) is 8.42 Å². The van der Waals surface area contributed by atoms with Crippen LogP contribution in [0.3, 0.4) is 0 Å². The van der Waals surface area contributed by atoms with Crippen molar-refractivity contribution < 1.29 is 22.7 Å². The minimum Gasteiger partial charge on any atom is -0.455 e. The van der Waals surface area contributed by atoms with Gasteiger partial charge in [0, 0.05) is 6.04 Å². The topological polar surface area (TPSA) is 125 Å². The Balaban J connectivity index is 1.80. The quantitative estimate of drug-likeness (QED) is 0.668. The van der Waals surface area contributed by atoms with Crippen LogP contribution in [-0.4, -0.2) is 39.5 Å². The fraction of sp³-hybridized carbons (Fsp3) is 0.500. The minimum atomic E-state index is -4.04. The third kappa shape index (κ3) is 6.05. The number of rotatable bonds is 7. The normalized spacial score (nSPS) is 19.7. The molecule has 2 atom stereocenters. The number of ether oxygens (including phenoxy) is 1. The van der Waals surface area contributed by atoms with Crippen LogP contribution in [0.25, 0.3) is 0 Å². The van der Waals surface area contributed by atoms with E-state index in [9.17, 15) is 18.0 Å². The lowest BCUT2D eigenvalue weighted by Crippen LogP contribution is -2.43. The molecule has 9 heteroatoms. The van der Waals surface area contributed by atoms with E-state index in [0.29, 0.717) is 5.92 Å². The van der Waals surface area contributed by atoms with Gasteiger partial charge >= 0.3 is 5.97 Å². The zero-order valence-electron chi connectivity index (χ0n) is 15.1. The fourth-order valence-electron chi connectivity index (χ4n) is 3.00. The van der Waals surface area contributed by atoms with Crippen molar-refractivity contribution in [3.63, 3.8) is 0 Å². The van der Waals surface area contributed by atoms with Gasteiger partial charge in [-0.3, -0.25) is 9.59 Å². The highest BCUT2D eigenvalue weighted by molar-refractivity contribution is 7.89. The lowest BCUT2D eigenvalue weighted by molar-refractivity contribution is -0.147. The second kappa shape index (κ2) is 9.48. The molecule has 0 aliphatic heterocycles. The summed E-state index contributed by atoms with van der Waals surface area (Å²) in [5, 5.41) is 11.8. The molecule has 2 N–H and O–H groups in total. The van der Waals surface area contributed by atoms with Crippen LogP contribution in [0, 0.1) is 17.2 Å². The molecule has 0 spiro atoms. The molecule has 27 heavy (non-hydrogen) atoms. The van der Waals surface area contributed by atoms with E-state index < -0.39 is 35.1 Å². The van der Waals surface area contributed by atoms with Crippen molar-refractivity contribution >= 4 is 21.9 Å². The van der Waals surface area contributed by atoms with Crippen LogP contribution >= 0.6 is 0 Å². The Morgan fingerprint density at radius 1 is 1.26 bits per heavy atom. The Morgan fingerprint density at radius 2 is 1.96 bits per heavy atom. The first-order chi connectivity index (χ1) is 12.8. The summed E-state index contributed by atoms with van der Waals surface area (Å²) >= 11 is 0. The number of nitrogens with one attached hydrogen (secondary N) is 2. The molecule has 0 unspecified atom stereocenters. The largest absolute Gasteiger partial charge is 0.455 e. The first kappa shape index (κ1) is 20.9. The van der Waals surface area contributed by atoms with Crippen LogP contribution in [0.4, 0.5) is 0 Å². The Kier molecular flexibility index (Phi) is 7.33. The van der Waals surface area contributed by atoms with Crippen molar-refractivity contribution in [1.29, 1.82) is 5.26 Å². The Bertz CT molecular complexity index is 832. The van der Waals surface area contributed by atoms with E-state index in [2.05, 4.69) is 17.0 Å². The highest BCUT2D eigenvalue weighted by Crippen LogP contribution is 2.23. The number of sulfonamides is 1. The molecule has 1 amide bonds. The Morgan fingerprint density at radius 3 is 2.67 bits per heavy atom. The van der Waals surface area contributed by atoms with E-state index in [1.165, 1.54) is 24.3 Å². The zero-order valence-corrected chi connectivity index (χ0v) is 15.9. The van der Waals surface area contributed by atoms with Crippen LogP contribution in [0.15, 0.2) is 29.2 Å². The molecule has 1 saturated carbocycles. The third-order valence-corrected chi connectivity index (χ3v) is 5.99. The summed E-state index contributed by atoms with van der Waals surface area (Å²) in [6, 6.07) is 7.51. The number of hydrogen-bond donors (Lipinski definition) is 2. The highest BCUT2D eigenvalue weighted by atomic mass is 32.2. The van der Waals surface area contributed by atoms with Gasteiger partial charge in [0.05, 0.1) is 10.5 Å². The summed E-state index contributed by atoms with van der Waals surface area (Å²) in [6.07, 6.45) is 4.16.